The van der Waals surface area contributed by atoms with Gasteiger partial charge >= 0.3 is 6.01 Å². The minimum atomic E-state index is -0.767. The Labute approximate surface area is 259 Å². The number of fused-ring (bicyclic) bond motifs is 2. The molecule has 3 fully saturated rings. The standard InChI is InChI=1S/C34H34F3N5O3/c1-3-24-27(36)5-4-21-14-23(43)15-25(28(21)24)30-29(37)31-26(16-38-30)32(42-12-13-44-17-20(42)2)40-33(39-31)45-19-34(8-9-34)18-41-10-6-22(35)7-11-41/h1,4-5,14-16,20,22,43H,6-13,17-19H2,2H3/t20-/m1/s1. The van der Waals surface area contributed by atoms with Crippen LogP contribution in [0.1, 0.15) is 38.2 Å². The third kappa shape index (κ3) is 5.62. The molecule has 3 aliphatic rings. The van der Waals surface area contributed by atoms with Crippen LogP contribution in [0.15, 0.2) is 30.5 Å². The maximum Gasteiger partial charge on any atom is 0.319 e. The number of benzene rings is 2. The molecular formula is C34H34F3N5O3. The lowest BCUT2D eigenvalue weighted by molar-refractivity contribution is 0.0982. The molecule has 11 heteroatoms. The molecule has 2 aromatic heterocycles. The van der Waals surface area contributed by atoms with Crippen molar-refractivity contribution in [1.29, 1.82) is 0 Å². The number of halogens is 3. The summed E-state index contributed by atoms with van der Waals surface area (Å²) in [5.41, 5.74) is -0.127. The summed E-state index contributed by atoms with van der Waals surface area (Å²) >= 11 is 0. The molecule has 4 aromatic rings. The molecule has 234 valence electrons. The quantitative estimate of drug-likeness (QED) is 0.268. The monoisotopic (exact) mass is 617 g/mol. The van der Waals surface area contributed by atoms with Gasteiger partial charge in [-0.05, 0) is 56.2 Å². The molecule has 8 nitrogen and oxygen atoms in total. The van der Waals surface area contributed by atoms with Gasteiger partial charge in [0, 0.05) is 48.7 Å². The number of nitrogens with zero attached hydrogens (tertiary/aromatic N) is 5. The summed E-state index contributed by atoms with van der Waals surface area (Å²) < 4.78 is 57.0. The van der Waals surface area contributed by atoms with Crippen LogP contribution >= 0.6 is 0 Å². The summed E-state index contributed by atoms with van der Waals surface area (Å²) in [5, 5.41) is 11.6. The summed E-state index contributed by atoms with van der Waals surface area (Å²) in [6, 6.07) is 5.46. The normalized spacial score (nSPS) is 20.4. The highest BCUT2D eigenvalue weighted by atomic mass is 19.1. The van der Waals surface area contributed by atoms with E-state index in [4.69, 9.17) is 20.9 Å². The van der Waals surface area contributed by atoms with Crippen LogP contribution in [0.5, 0.6) is 11.8 Å². The van der Waals surface area contributed by atoms with Gasteiger partial charge in [0.25, 0.3) is 0 Å². The summed E-state index contributed by atoms with van der Waals surface area (Å²) in [7, 11) is 0. The van der Waals surface area contributed by atoms with E-state index in [1.54, 1.807) is 0 Å². The molecule has 0 amide bonds. The molecule has 0 bridgehead atoms. The first-order chi connectivity index (χ1) is 21.7. The Morgan fingerprint density at radius 2 is 1.96 bits per heavy atom. The van der Waals surface area contributed by atoms with Crippen LogP contribution in [0.25, 0.3) is 32.9 Å². The van der Waals surface area contributed by atoms with E-state index in [2.05, 4.69) is 20.8 Å². The van der Waals surface area contributed by atoms with Crippen LogP contribution in [0.4, 0.5) is 19.0 Å². The molecule has 0 unspecified atom stereocenters. The predicted molar refractivity (Wildman–Crippen MR) is 165 cm³/mol. The highest BCUT2D eigenvalue weighted by Gasteiger charge is 2.45. The Hall–Kier alpha value is -4.14. The van der Waals surface area contributed by atoms with Crippen LogP contribution in [0.2, 0.25) is 0 Å². The Morgan fingerprint density at radius 3 is 2.69 bits per heavy atom. The average molecular weight is 618 g/mol. The fourth-order valence-corrected chi connectivity index (χ4v) is 6.56. The minimum Gasteiger partial charge on any atom is -0.508 e. The van der Waals surface area contributed by atoms with Gasteiger partial charge in [-0.3, -0.25) is 4.98 Å². The van der Waals surface area contributed by atoms with Gasteiger partial charge in [0.05, 0.1) is 36.8 Å². The molecule has 0 radical (unpaired) electrons. The van der Waals surface area contributed by atoms with E-state index >= 15 is 4.39 Å². The minimum absolute atomic E-state index is 0.0105. The maximum absolute atomic E-state index is 16.7. The van der Waals surface area contributed by atoms with Crippen molar-refractivity contribution < 1.29 is 27.8 Å². The number of ether oxygens (including phenoxy) is 2. The summed E-state index contributed by atoms with van der Waals surface area (Å²) in [6.45, 7) is 6.11. The number of rotatable bonds is 7. The average Bonchev–Trinajstić information content (AvgIpc) is 3.80. The van der Waals surface area contributed by atoms with Gasteiger partial charge in [-0.25, -0.2) is 13.2 Å². The molecule has 2 aliphatic heterocycles. The number of terminal acetylenes is 1. The van der Waals surface area contributed by atoms with Gasteiger partial charge in [0.15, 0.2) is 5.82 Å². The van der Waals surface area contributed by atoms with Gasteiger partial charge in [-0.2, -0.15) is 9.97 Å². The lowest BCUT2D eigenvalue weighted by Gasteiger charge is -2.35. The van der Waals surface area contributed by atoms with Crippen molar-refractivity contribution in [1.82, 2.24) is 19.9 Å². The Bertz CT molecular complexity index is 1820. The number of likely N-dealkylation sites (tertiary alicyclic amines) is 1. The molecule has 1 aliphatic carbocycles. The topological polar surface area (TPSA) is 83.8 Å². The van der Waals surface area contributed by atoms with Crippen molar-refractivity contribution in [3.05, 3.63) is 47.7 Å². The zero-order chi connectivity index (χ0) is 31.3. The zero-order valence-corrected chi connectivity index (χ0v) is 25.0. The highest BCUT2D eigenvalue weighted by molar-refractivity contribution is 6.03. The predicted octanol–water partition coefficient (Wildman–Crippen LogP) is 5.63. The smallest absolute Gasteiger partial charge is 0.319 e. The second kappa shape index (κ2) is 11.7. The summed E-state index contributed by atoms with van der Waals surface area (Å²) in [6.07, 6.45) is 9.48. The summed E-state index contributed by atoms with van der Waals surface area (Å²) in [5.74, 6) is 1.30. The van der Waals surface area contributed by atoms with E-state index in [-0.39, 0.29) is 50.9 Å². The molecule has 1 N–H and O–H groups in total. The summed E-state index contributed by atoms with van der Waals surface area (Å²) in [4.78, 5) is 18.1. The lowest BCUT2D eigenvalue weighted by atomic mass is 9.96. The number of hydrogen-bond acceptors (Lipinski definition) is 8. The molecule has 2 aromatic carbocycles. The molecular weight excluding hydrogens is 583 g/mol. The number of anilines is 1. The van der Waals surface area contributed by atoms with E-state index in [1.807, 2.05) is 11.8 Å². The second-order valence-electron chi connectivity index (χ2n) is 12.5. The molecule has 7 rings (SSSR count). The Morgan fingerprint density at radius 1 is 1.16 bits per heavy atom. The zero-order valence-electron chi connectivity index (χ0n) is 25.0. The Kier molecular flexibility index (Phi) is 7.66. The third-order valence-electron chi connectivity index (χ3n) is 9.28. The third-order valence-corrected chi connectivity index (χ3v) is 9.28. The first-order valence-electron chi connectivity index (χ1n) is 15.4. The van der Waals surface area contributed by atoms with Gasteiger partial charge in [-0.1, -0.05) is 12.0 Å². The number of phenols is 1. The SMILES string of the molecule is C#Cc1c(F)ccc2cc(O)cc(-c3ncc4c(N5CCOC[C@H]5C)nc(OCC5(CN6CCC(F)CC6)CC5)nc4c3F)c12. The number of aromatic nitrogens is 3. The van der Waals surface area contributed by atoms with E-state index < -0.39 is 17.8 Å². The molecule has 0 spiro atoms. The Balaban J connectivity index is 1.31. The number of alkyl halides is 1. The van der Waals surface area contributed by atoms with Crippen LogP contribution in [-0.4, -0.2) is 83.2 Å². The number of piperidine rings is 1. The first-order valence-corrected chi connectivity index (χ1v) is 15.4. The fraction of sp³-hybridized carbons (Fsp3) is 0.441. The fourth-order valence-electron chi connectivity index (χ4n) is 6.56. The van der Waals surface area contributed by atoms with Crippen molar-refractivity contribution >= 4 is 27.5 Å². The lowest BCUT2D eigenvalue weighted by Crippen LogP contribution is -2.44. The maximum atomic E-state index is 16.7. The van der Waals surface area contributed by atoms with Crippen molar-refractivity contribution in [3.63, 3.8) is 0 Å². The second-order valence-corrected chi connectivity index (χ2v) is 12.5. The number of aromatic hydroxyl groups is 1. The van der Waals surface area contributed by atoms with E-state index in [0.717, 1.165) is 32.5 Å². The largest absolute Gasteiger partial charge is 0.508 e. The van der Waals surface area contributed by atoms with Crippen molar-refractivity contribution in [2.45, 2.75) is 44.8 Å². The van der Waals surface area contributed by atoms with Gasteiger partial charge < -0.3 is 24.4 Å². The van der Waals surface area contributed by atoms with Crippen LogP contribution < -0.4 is 9.64 Å². The van der Waals surface area contributed by atoms with Crippen LogP contribution in [0, 0.1) is 29.4 Å². The van der Waals surface area contributed by atoms with Crippen molar-refractivity contribution in [2.24, 2.45) is 5.41 Å². The van der Waals surface area contributed by atoms with Gasteiger partial charge in [0.2, 0.25) is 0 Å². The molecule has 2 saturated heterocycles. The molecule has 1 saturated carbocycles. The van der Waals surface area contributed by atoms with Gasteiger partial charge in [0.1, 0.15) is 34.8 Å². The number of morpholine rings is 1. The van der Waals surface area contributed by atoms with Gasteiger partial charge in [-0.15, -0.1) is 6.42 Å². The van der Waals surface area contributed by atoms with Crippen LogP contribution in [-0.2, 0) is 4.74 Å². The van der Waals surface area contributed by atoms with E-state index in [9.17, 15) is 13.9 Å². The van der Waals surface area contributed by atoms with Crippen molar-refractivity contribution in [2.75, 3.05) is 50.9 Å². The molecule has 1 atom stereocenters. The van der Waals surface area contributed by atoms with Crippen LogP contribution in [0.3, 0.4) is 0 Å². The van der Waals surface area contributed by atoms with E-state index in [0.29, 0.717) is 55.8 Å². The molecule has 4 heterocycles. The van der Waals surface area contributed by atoms with Crippen molar-refractivity contribution in [3.8, 4) is 35.4 Å². The number of phenolic OH excluding ortho intramolecular Hbond substituents is 1. The van der Waals surface area contributed by atoms with E-state index in [1.165, 1.54) is 30.5 Å². The number of hydrogen-bond donors (Lipinski definition) is 1. The first kappa shape index (κ1) is 29.6. The number of pyridine rings is 1. The highest BCUT2D eigenvalue weighted by Crippen LogP contribution is 2.47. The molecule has 45 heavy (non-hydrogen) atoms.